The second-order valence-electron chi connectivity index (χ2n) is 3.61. The lowest BCUT2D eigenvalue weighted by Crippen LogP contribution is -1.96. The lowest BCUT2D eigenvalue weighted by Gasteiger charge is -2.10. The Morgan fingerprint density at radius 2 is 1.63 bits per heavy atom. The highest BCUT2D eigenvalue weighted by Gasteiger charge is 2.24. The average Bonchev–Trinajstić information content (AvgIpc) is 2.36. The molecule has 0 aliphatic carbocycles. The number of hydrogen-bond donors (Lipinski definition) is 0. The van der Waals surface area contributed by atoms with E-state index in [-0.39, 0.29) is 26.2 Å². The van der Waals surface area contributed by atoms with Crippen molar-refractivity contribution >= 4 is 40.5 Å². The van der Waals surface area contributed by atoms with Crippen LogP contribution < -0.4 is 0 Å². The maximum atomic E-state index is 13.9. The molecule has 0 saturated carbocycles. The first kappa shape index (κ1) is 14.1. The van der Waals surface area contributed by atoms with E-state index in [0.717, 1.165) is 6.07 Å². The van der Waals surface area contributed by atoms with Crippen molar-refractivity contribution in [3.05, 3.63) is 61.3 Å². The summed E-state index contributed by atoms with van der Waals surface area (Å²) >= 11 is 17.8. The average molecular weight is 321 g/mol. The van der Waals surface area contributed by atoms with E-state index in [2.05, 4.69) is 0 Å². The standard InChI is InChI=1S/C12H5Cl3FNO2/c13-6-4-5-7(14)12(15)10(6)11-8(16)2-1-3-9(11)17(18)19/h1-5H. The molecule has 0 spiro atoms. The van der Waals surface area contributed by atoms with Gasteiger partial charge in [0, 0.05) is 11.6 Å². The van der Waals surface area contributed by atoms with Crippen LogP contribution in [0.2, 0.25) is 15.1 Å². The van der Waals surface area contributed by atoms with Gasteiger partial charge in [0.15, 0.2) is 0 Å². The summed E-state index contributed by atoms with van der Waals surface area (Å²) < 4.78 is 13.9. The van der Waals surface area contributed by atoms with Gasteiger partial charge in [-0.25, -0.2) is 4.39 Å². The summed E-state index contributed by atoms with van der Waals surface area (Å²) in [5.41, 5.74) is -0.684. The number of hydrogen-bond acceptors (Lipinski definition) is 2. The summed E-state index contributed by atoms with van der Waals surface area (Å²) in [6.45, 7) is 0. The number of halogens is 4. The highest BCUT2D eigenvalue weighted by atomic mass is 35.5. The van der Waals surface area contributed by atoms with Crippen molar-refractivity contribution in [2.75, 3.05) is 0 Å². The molecule has 0 fully saturated rings. The van der Waals surface area contributed by atoms with Crippen LogP contribution in [-0.4, -0.2) is 4.92 Å². The molecule has 98 valence electrons. The van der Waals surface area contributed by atoms with Crippen molar-refractivity contribution in [3.63, 3.8) is 0 Å². The lowest BCUT2D eigenvalue weighted by atomic mass is 10.0. The van der Waals surface area contributed by atoms with E-state index in [9.17, 15) is 14.5 Å². The zero-order valence-electron chi connectivity index (χ0n) is 9.16. The van der Waals surface area contributed by atoms with Crippen LogP contribution in [0.1, 0.15) is 0 Å². The minimum Gasteiger partial charge on any atom is -0.258 e. The van der Waals surface area contributed by atoms with E-state index in [4.69, 9.17) is 34.8 Å². The monoisotopic (exact) mass is 319 g/mol. The van der Waals surface area contributed by atoms with E-state index < -0.39 is 16.4 Å². The summed E-state index contributed by atoms with van der Waals surface area (Å²) in [5, 5.41) is 11.2. The van der Waals surface area contributed by atoms with Gasteiger partial charge in [-0.15, -0.1) is 0 Å². The van der Waals surface area contributed by atoms with Crippen molar-refractivity contribution < 1.29 is 9.31 Å². The third kappa shape index (κ3) is 2.52. The maximum absolute atomic E-state index is 13.9. The molecular weight excluding hydrogens is 315 g/mol. The SMILES string of the molecule is O=[N+]([O-])c1cccc(F)c1-c1c(Cl)ccc(Cl)c1Cl. The van der Waals surface area contributed by atoms with Crippen molar-refractivity contribution in [2.45, 2.75) is 0 Å². The number of rotatable bonds is 2. The highest BCUT2D eigenvalue weighted by molar-refractivity contribution is 6.46. The second kappa shape index (κ2) is 5.33. The van der Waals surface area contributed by atoms with Crippen LogP contribution in [-0.2, 0) is 0 Å². The van der Waals surface area contributed by atoms with Crippen LogP contribution in [0.5, 0.6) is 0 Å². The summed E-state index contributed by atoms with van der Waals surface area (Å²) in [6.07, 6.45) is 0. The fourth-order valence-electron chi connectivity index (χ4n) is 1.67. The summed E-state index contributed by atoms with van der Waals surface area (Å²) in [6, 6.07) is 6.34. The Kier molecular flexibility index (Phi) is 3.94. The quantitative estimate of drug-likeness (QED) is 0.424. The third-order valence-corrected chi connectivity index (χ3v) is 3.60. The third-order valence-electron chi connectivity index (χ3n) is 2.48. The molecule has 0 unspecified atom stereocenters. The van der Waals surface area contributed by atoms with Crippen molar-refractivity contribution in [2.24, 2.45) is 0 Å². The number of nitrogens with zero attached hydrogens (tertiary/aromatic N) is 1. The lowest BCUT2D eigenvalue weighted by molar-refractivity contribution is -0.384. The largest absolute Gasteiger partial charge is 0.280 e. The second-order valence-corrected chi connectivity index (χ2v) is 4.80. The maximum Gasteiger partial charge on any atom is 0.280 e. The van der Waals surface area contributed by atoms with E-state index in [1.165, 1.54) is 24.3 Å². The van der Waals surface area contributed by atoms with Gasteiger partial charge < -0.3 is 0 Å². The smallest absolute Gasteiger partial charge is 0.258 e. The van der Waals surface area contributed by atoms with Crippen LogP contribution >= 0.6 is 34.8 Å². The Morgan fingerprint density at radius 1 is 1.00 bits per heavy atom. The van der Waals surface area contributed by atoms with Gasteiger partial charge in [0.25, 0.3) is 5.69 Å². The zero-order valence-corrected chi connectivity index (χ0v) is 11.4. The van der Waals surface area contributed by atoms with Gasteiger partial charge in [0.05, 0.1) is 25.6 Å². The number of nitro groups is 1. The molecule has 2 aromatic rings. The molecule has 0 aliphatic rings. The number of nitro benzene ring substituents is 1. The fraction of sp³-hybridized carbons (Fsp3) is 0. The molecule has 0 N–H and O–H groups in total. The van der Waals surface area contributed by atoms with Crippen LogP contribution in [0.4, 0.5) is 10.1 Å². The number of benzene rings is 2. The molecule has 0 aromatic heterocycles. The van der Waals surface area contributed by atoms with Gasteiger partial charge in [-0.05, 0) is 18.2 Å². The summed E-state index contributed by atoms with van der Waals surface area (Å²) in [5.74, 6) is -0.791. The molecule has 7 heteroatoms. The predicted octanol–water partition coefficient (Wildman–Crippen LogP) is 5.36. The molecular formula is C12H5Cl3FNO2. The molecule has 0 heterocycles. The van der Waals surface area contributed by atoms with Crippen LogP contribution in [0, 0.1) is 15.9 Å². The molecule has 0 amide bonds. The van der Waals surface area contributed by atoms with Crippen LogP contribution in [0.15, 0.2) is 30.3 Å². The summed E-state index contributed by atoms with van der Waals surface area (Å²) in [4.78, 5) is 10.3. The van der Waals surface area contributed by atoms with E-state index >= 15 is 0 Å². The van der Waals surface area contributed by atoms with E-state index in [0.29, 0.717) is 0 Å². The molecule has 0 saturated heterocycles. The van der Waals surface area contributed by atoms with Gasteiger partial charge in [-0.3, -0.25) is 10.1 Å². The molecule has 0 radical (unpaired) electrons. The minimum atomic E-state index is -0.791. The predicted molar refractivity (Wildman–Crippen MR) is 73.5 cm³/mol. The van der Waals surface area contributed by atoms with E-state index in [1.54, 1.807) is 0 Å². The van der Waals surface area contributed by atoms with Gasteiger partial charge >= 0.3 is 0 Å². The Morgan fingerprint density at radius 3 is 2.26 bits per heavy atom. The topological polar surface area (TPSA) is 43.1 Å². The minimum absolute atomic E-state index is 0.0145. The zero-order chi connectivity index (χ0) is 14.2. The van der Waals surface area contributed by atoms with Crippen LogP contribution in [0.25, 0.3) is 11.1 Å². The van der Waals surface area contributed by atoms with Gasteiger partial charge in [0.1, 0.15) is 5.82 Å². The van der Waals surface area contributed by atoms with Crippen molar-refractivity contribution in [1.82, 2.24) is 0 Å². The molecule has 0 bridgehead atoms. The van der Waals surface area contributed by atoms with Crippen molar-refractivity contribution in [3.8, 4) is 11.1 Å². The van der Waals surface area contributed by atoms with Crippen LogP contribution in [0.3, 0.4) is 0 Å². The van der Waals surface area contributed by atoms with Crippen molar-refractivity contribution in [1.29, 1.82) is 0 Å². The van der Waals surface area contributed by atoms with Gasteiger partial charge in [-0.2, -0.15) is 0 Å². The first-order valence-corrected chi connectivity index (χ1v) is 6.13. The Hall–Kier alpha value is -1.36. The first-order valence-electron chi connectivity index (χ1n) is 5.00. The molecule has 2 rings (SSSR count). The Labute approximate surface area is 122 Å². The first-order chi connectivity index (χ1) is 8.93. The summed E-state index contributed by atoms with van der Waals surface area (Å²) in [7, 11) is 0. The van der Waals surface area contributed by atoms with Gasteiger partial charge in [-0.1, -0.05) is 40.9 Å². The molecule has 2 aromatic carbocycles. The Bertz CT molecular complexity index is 676. The molecule has 3 nitrogen and oxygen atoms in total. The van der Waals surface area contributed by atoms with E-state index in [1.807, 2.05) is 0 Å². The highest BCUT2D eigenvalue weighted by Crippen LogP contribution is 2.43. The molecule has 0 atom stereocenters. The molecule has 0 aliphatic heterocycles. The van der Waals surface area contributed by atoms with Gasteiger partial charge in [0.2, 0.25) is 0 Å². The fourth-order valence-corrected chi connectivity index (χ4v) is 2.39. The normalized spacial score (nSPS) is 10.5. The molecule has 19 heavy (non-hydrogen) atoms. The Balaban J connectivity index is 2.87.